The lowest BCUT2D eigenvalue weighted by Gasteiger charge is -2.36. The molecule has 2 rings (SSSR count). The molecule has 17 heavy (non-hydrogen) atoms. The van der Waals surface area contributed by atoms with Crippen LogP contribution in [0.15, 0.2) is 29.2 Å². The molecule has 1 aliphatic heterocycles. The van der Waals surface area contributed by atoms with E-state index in [0.29, 0.717) is 0 Å². The van der Waals surface area contributed by atoms with E-state index < -0.39 is 12.6 Å². The van der Waals surface area contributed by atoms with E-state index in [9.17, 15) is 4.79 Å². The van der Waals surface area contributed by atoms with E-state index in [0.717, 1.165) is 11.3 Å². The van der Waals surface area contributed by atoms with E-state index >= 15 is 0 Å². The van der Waals surface area contributed by atoms with Crippen molar-refractivity contribution in [1.82, 2.24) is 0 Å². The Morgan fingerprint density at radius 3 is 2.94 bits per heavy atom. The van der Waals surface area contributed by atoms with Crippen LogP contribution in [0.3, 0.4) is 0 Å². The summed E-state index contributed by atoms with van der Waals surface area (Å²) in [6.07, 6.45) is 0.764. The second kappa shape index (κ2) is 4.70. The zero-order valence-electron chi connectivity index (χ0n) is 9.97. The molecule has 92 valence electrons. The summed E-state index contributed by atoms with van der Waals surface area (Å²) in [5.74, 6) is -0.558. The maximum absolute atomic E-state index is 11.1. The quantitative estimate of drug-likeness (QED) is 0.821. The molecule has 1 aliphatic rings. The summed E-state index contributed by atoms with van der Waals surface area (Å²) in [5, 5.41) is 8.71. The Morgan fingerprint density at radius 1 is 1.53 bits per heavy atom. The monoisotopic (exact) mass is 252 g/mol. The lowest BCUT2D eigenvalue weighted by molar-refractivity contribution is -0.149. The standard InChI is InChI=1S/C13H16O3S/c1-13(2)7-12(16-11(15)8-14)17-10-6-4-3-5-9(10)13/h3-6,12,14H,7-8H2,1-2H3. The second-order valence-electron chi connectivity index (χ2n) is 4.78. The van der Waals surface area contributed by atoms with Gasteiger partial charge in [-0.3, -0.25) is 0 Å². The summed E-state index contributed by atoms with van der Waals surface area (Å²) in [4.78, 5) is 12.3. The second-order valence-corrected chi connectivity index (χ2v) is 5.98. The van der Waals surface area contributed by atoms with Gasteiger partial charge in [-0.25, -0.2) is 4.79 Å². The molecule has 0 bridgehead atoms. The van der Waals surface area contributed by atoms with Crippen molar-refractivity contribution in [3.05, 3.63) is 29.8 Å². The summed E-state index contributed by atoms with van der Waals surface area (Å²) in [7, 11) is 0. The number of fused-ring (bicyclic) bond motifs is 1. The van der Waals surface area contributed by atoms with Crippen LogP contribution in [0.4, 0.5) is 0 Å². The van der Waals surface area contributed by atoms with Crippen LogP contribution in [0.1, 0.15) is 25.8 Å². The molecule has 1 unspecified atom stereocenters. The van der Waals surface area contributed by atoms with Gasteiger partial charge in [-0.1, -0.05) is 43.8 Å². The summed E-state index contributed by atoms with van der Waals surface area (Å²) in [5.41, 5.74) is 1.07. The Balaban J connectivity index is 2.22. The molecule has 0 amide bonds. The highest BCUT2D eigenvalue weighted by atomic mass is 32.2. The van der Waals surface area contributed by atoms with Crippen molar-refractivity contribution in [1.29, 1.82) is 0 Å². The molecule has 0 fully saturated rings. The van der Waals surface area contributed by atoms with E-state index in [1.807, 2.05) is 18.2 Å². The first-order valence-electron chi connectivity index (χ1n) is 5.59. The largest absolute Gasteiger partial charge is 0.449 e. The van der Waals surface area contributed by atoms with Crippen LogP contribution in [0.2, 0.25) is 0 Å². The number of aliphatic hydroxyl groups excluding tert-OH is 1. The van der Waals surface area contributed by atoms with Gasteiger partial charge in [0.15, 0.2) is 5.44 Å². The Bertz CT molecular complexity index is 428. The molecule has 1 aromatic carbocycles. The van der Waals surface area contributed by atoms with Crippen molar-refractivity contribution in [2.45, 2.75) is 36.0 Å². The minimum atomic E-state index is -0.558. The molecule has 1 atom stereocenters. The Kier molecular flexibility index (Phi) is 3.45. The third-order valence-corrected chi connectivity index (χ3v) is 4.08. The van der Waals surface area contributed by atoms with E-state index in [4.69, 9.17) is 9.84 Å². The SMILES string of the molecule is CC1(C)CC(OC(=O)CO)Sc2ccccc21. The Hall–Kier alpha value is -1.00. The Labute approximate surface area is 105 Å². The van der Waals surface area contributed by atoms with Gasteiger partial charge >= 0.3 is 5.97 Å². The molecule has 1 heterocycles. The number of carbonyl (C=O) groups excluding carboxylic acids is 1. The van der Waals surface area contributed by atoms with E-state index in [2.05, 4.69) is 19.9 Å². The molecule has 0 aromatic heterocycles. The molecule has 0 aliphatic carbocycles. The van der Waals surface area contributed by atoms with E-state index in [1.54, 1.807) is 11.8 Å². The van der Waals surface area contributed by atoms with Crippen molar-refractivity contribution >= 4 is 17.7 Å². The van der Waals surface area contributed by atoms with Crippen LogP contribution >= 0.6 is 11.8 Å². The average molecular weight is 252 g/mol. The molecule has 0 saturated heterocycles. The zero-order valence-corrected chi connectivity index (χ0v) is 10.8. The number of aliphatic hydroxyl groups is 1. The van der Waals surface area contributed by atoms with Gasteiger partial charge in [0.05, 0.1) is 0 Å². The van der Waals surface area contributed by atoms with Crippen LogP contribution in [-0.4, -0.2) is 23.1 Å². The molecular weight excluding hydrogens is 236 g/mol. The van der Waals surface area contributed by atoms with Gasteiger partial charge in [-0.15, -0.1) is 0 Å². The number of carbonyl (C=O) groups is 1. The van der Waals surface area contributed by atoms with Gasteiger partial charge in [-0.05, 0) is 17.0 Å². The fourth-order valence-corrected chi connectivity index (χ4v) is 3.66. The summed E-state index contributed by atoms with van der Waals surface area (Å²) in [6.45, 7) is 3.73. The van der Waals surface area contributed by atoms with Gasteiger partial charge in [0.2, 0.25) is 0 Å². The van der Waals surface area contributed by atoms with E-state index in [1.165, 1.54) is 5.56 Å². The van der Waals surface area contributed by atoms with Crippen molar-refractivity contribution in [3.63, 3.8) is 0 Å². The van der Waals surface area contributed by atoms with Crippen molar-refractivity contribution in [3.8, 4) is 0 Å². The number of hydrogen-bond acceptors (Lipinski definition) is 4. The van der Waals surface area contributed by atoms with Gasteiger partial charge in [0.1, 0.15) is 6.61 Å². The van der Waals surface area contributed by atoms with Gasteiger partial charge in [0, 0.05) is 11.3 Å². The Morgan fingerprint density at radius 2 is 2.24 bits per heavy atom. The van der Waals surface area contributed by atoms with Crippen LogP contribution < -0.4 is 0 Å². The number of benzene rings is 1. The minimum absolute atomic E-state index is 0.0117. The number of ether oxygens (including phenoxy) is 1. The first-order valence-corrected chi connectivity index (χ1v) is 6.47. The highest BCUT2D eigenvalue weighted by Gasteiger charge is 2.34. The van der Waals surface area contributed by atoms with Gasteiger partial charge in [-0.2, -0.15) is 0 Å². The minimum Gasteiger partial charge on any atom is -0.449 e. The maximum atomic E-state index is 11.1. The van der Waals surface area contributed by atoms with Gasteiger partial charge in [0.25, 0.3) is 0 Å². The number of esters is 1. The lowest BCUT2D eigenvalue weighted by Crippen LogP contribution is -2.31. The van der Waals surface area contributed by atoms with Crippen LogP contribution in [0.25, 0.3) is 0 Å². The lowest BCUT2D eigenvalue weighted by atomic mass is 9.81. The molecule has 1 aromatic rings. The summed E-state index contributed by atoms with van der Waals surface area (Å²) in [6, 6.07) is 8.17. The molecule has 0 radical (unpaired) electrons. The summed E-state index contributed by atoms with van der Waals surface area (Å²) >= 11 is 1.55. The van der Waals surface area contributed by atoms with Gasteiger partial charge < -0.3 is 9.84 Å². The summed E-state index contributed by atoms with van der Waals surface area (Å²) < 4.78 is 5.21. The third-order valence-electron chi connectivity index (χ3n) is 2.94. The van der Waals surface area contributed by atoms with Crippen molar-refractivity contribution in [2.75, 3.05) is 6.61 Å². The number of thioether (sulfide) groups is 1. The first kappa shape index (κ1) is 12.5. The fraction of sp³-hybridized carbons (Fsp3) is 0.462. The number of hydrogen-bond donors (Lipinski definition) is 1. The van der Waals surface area contributed by atoms with E-state index in [-0.39, 0.29) is 10.9 Å². The molecular formula is C13H16O3S. The highest BCUT2D eigenvalue weighted by Crippen LogP contribution is 2.45. The highest BCUT2D eigenvalue weighted by molar-refractivity contribution is 7.99. The molecule has 3 nitrogen and oxygen atoms in total. The smallest absolute Gasteiger partial charge is 0.332 e. The van der Waals surface area contributed by atoms with Crippen LogP contribution in [0, 0.1) is 0 Å². The average Bonchev–Trinajstić information content (AvgIpc) is 2.28. The molecule has 0 spiro atoms. The maximum Gasteiger partial charge on any atom is 0.332 e. The predicted molar refractivity (Wildman–Crippen MR) is 66.9 cm³/mol. The van der Waals surface area contributed by atoms with Crippen LogP contribution in [0.5, 0.6) is 0 Å². The van der Waals surface area contributed by atoms with Crippen LogP contribution in [-0.2, 0) is 14.9 Å². The third kappa shape index (κ3) is 2.64. The molecule has 4 heteroatoms. The number of rotatable bonds is 2. The zero-order chi connectivity index (χ0) is 12.5. The van der Waals surface area contributed by atoms with Crippen molar-refractivity contribution < 1.29 is 14.6 Å². The molecule has 0 saturated carbocycles. The fourth-order valence-electron chi connectivity index (χ4n) is 2.09. The normalized spacial score (nSPS) is 21.7. The molecule has 1 N–H and O–H groups in total. The predicted octanol–water partition coefficient (Wildman–Crippen LogP) is 2.32. The van der Waals surface area contributed by atoms with Crippen molar-refractivity contribution in [2.24, 2.45) is 0 Å². The first-order chi connectivity index (χ1) is 8.03. The topological polar surface area (TPSA) is 46.5 Å².